The molecule has 0 aromatic heterocycles. The van der Waals surface area contributed by atoms with Crippen LogP contribution in [0.2, 0.25) is 0 Å². The molecule has 1 aromatic rings. The smallest absolute Gasteiger partial charge is 0.270 e. The Kier molecular flexibility index (Phi) is 9.79. The highest BCUT2D eigenvalue weighted by Crippen LogP contribution is 2.32. The first-order chi connectivity index (χ1) is 12.0. The Hall–Kier alpha value is 0.0600. The Morgan fingerprint density at radius 1 is 0.962 bits per heavy atom. The minimum absolute atomic E-state index is 0.175. The SMILES string of the molecule is CC(C)(CCSc1ccc(SCCC(C)(C)S(=O)(=O)O)cc1)SOOO. The fourth-order valence-electron chi connectivity index (χ4n) is 1.74. The summed E-state index contributed by atoms with van der Waals surface area (Å²) in [6, 6.07) is 8.09. The zero-order chi connectivity index (χ0) is 19.8. The van der Waals surface area contributed by atoms with Gasteiger partial charge in [0.25, 0.3) is 10.1 Å². The van der Waals surface area contributed by atoms with E-state index in [0.717, 1.165) is 34.0 Å². The van der Waals surface area contributed by atoms with E-state index in [1.165, 1.54) is 13.8 Å². The van der Waals surface area contributed by atoms with Crippen LogP contribution in [-0.4, -0.2) is 39.2 Å². The van der Waals surface area contributed by atoms with Crippen molar-refractivity contribution in [2.45, 2.75) is 59.8 Å². The Balaban J connectivity index is 2.40. The highest BCUT2D eigenvalue weighted by Gasteiger charge is 2.31. The molecule has 1 rings (SSSR count). The molecule has 0 saturated carbocycles. The molecule has 0 spiro atoms. The van der Waals surface area contributed by atoms with Crippen LogP contribution in [-0.2, 0) is 19.5 Å². The summed E-state index contributed by atoms with van der Waals surface area (Å²) in [5.41, 5.74) is 0. The highest BCUT2D eigenvalue weighted by molar-refractivity contribution is 8.00. The van der Waals surface area contributed by atoms with Gasteiger partial charge in [-0.05, 0) is 76.3 Å². The molecule has 0 unspecified atom stereocenters. The van der Waals surface area contributed by atoms with Crippen molar-refractivity contribution in [1.29, 1.82) is 0 Å². The summed E-state index contributed by atoms with van der Waals surface area (Å²) < 4.78 is 35.0. The zero-order valence-electron chi connectivity index (χ0n) is 15.3. The van der Waals surface area contributed by atoms with Crippen LogP contribution in [0, 0.1) is 0 Å². The topological polar surface area (TPSA) is 93.1 Å². The van der Waals surface area contributed by atoms with Gasteiger partial charge in [-0.15, -0.1) is 27.9 Å². The van der Waals surface area contributed by atoms with E-state index in [0.29, 0.717) is 12.2 Å². The van der Waals surface area contributed by atoms with E-state index in [2.05, 4.69) is 9.37 Å². The molecular formula is C16H26O6S4. The van der Waals surface area contributed by atoms with Gasteiger partial charge in [-0.1, -0.05) is 5.04 Å². The summed E-state index contributed by atoms with van der Waals surface area (Å²) in [5, 5.41) is 11.8. The maximum absolute atomic E-state index is 11.3. The van der Waals surface area contributed by atoms with Gasteiger partial charge < -0.3 is 0 Å². The van der Waals surface area contributed by atoms with Crippen molar-refractivity contribution in [3.63, 3.8) is 0 Å². The van der Waals surface area contributed by atoms with E-state index in [9.17, 15) is 13.0 Å². The molecule has 0 heterocycles. The van der Waals surface area contributed by atoms with E-state index in [1.807, 2.05) is 38.1 Å². The van der Waals surface area contributed by atoms with Gasteiger partial charge in [0.1, 0.15) is 0 Å². The molecule has 150 valence electrons. The zero-order valence-corrected chi connectivity index (χ0v) is 18.6. The summed E-state index contributed by atoms with van der Waals surface area (Å²) in [7, 11) is -4.04. The van der Waals surface area contributed by atoms with Crippen molar-refractivity contribution in [3.05, 3.63) is 24.3 Å². The Labute approximate surface area is 168 Å². The number of rotatable bonds is 12. The van der Waals surface area contributed by atoms with Crippen LogP contribution in [0.3, 0.4) is 0 Å². The monoisotopic (exact) mass is 442 g/mol. The van der Waals surface area contributed by atoms with Gasteiger partial charge in [-0.2, -0.15) is 8.42 Å². The number of hydrogen-bond donors (Lipinski definition) is 2. The van der Waals surface area contributed by atoms with Crippen molar-refractivity contribution in [3.8, 4) is 0 Å². The third-order valence-corrected chi connectivity index (χ3v) is 8.17. The first-order valence-electron chi connectivity index (χ1n) is 7.95. The van der Waals surface area contributed by atoms with Gasteiger partial charge in [0.15, 0.2) is 0 Å². The third kappa shape index (κ3) is 8.83. The standard InChI is InChI=1S/C16H26O6S4/c1-15(2,25-22-21-17)9-11-23-13-5-7-14(8-6-13)24-12-10-16(3,4)26(18,19)20/h5-8,17H,9-12H2,1-4H3,(H,18,19,20). The van der Waals surface area contributed by atoms with Gasteiger partial charge in [-0.25, -0.2) is 5.26 Å². The number of thioether (sulfide) groups is 2. The van der Waals surface area contributed by atoms with Crippen molar-refractivity contribution in [2.24, 2.45) is 0 Å². The van der Waals surface area contributed by atoms with E-state index in [1.54, 1.807) is 23.5 Å². The quantitative estimate of drug-likeness (QED) is 0.149. The predicted octanol–water partition coefficient (Wildman–Crippen LogP) is 5.17. The van der Waals surface area contributed by atoms with Crippen LogP contribution in [0.15, 0.2) is 34.1 Å². The second-order valence-electron chi connectivity index (χ2n) is 6.89. The summed E-state index contributed by atoms with van der Waals surface area (Å²) >= 11 is 4.37. The van der Waals surface area contributed by atoms with Crippen molar-refractivity contribution in [1.82, 2.24) is 0 Å². The molecule has 1 aromatic carbocycles. The maximum Gasteiger partial charge on any atom is 0.270 e. The van der Waals surface area contributed by atoms with Crippen LogP contribution in [0.4, 0.5) is 0 Å². The lowest BCUT2D eigenvalue weighted by atomic mass is 10.1. The molecule has 6 nitrogen and oxygen atoms in total. The number of hydrogen-bond acceptors (Lipinski definition) is 8. The second kappa shape index (κ2) is 10.6. The van der Waals surface area contributed by atoms with Gasteiger partial charge >= 0.3 is 0 Å². The van der Waals surface area contributed by atoms with Crippen LogP contribution >= 0.6 is 35.6 Å². The first-order valence-corrected chi connectivity index (χ1v) is 12.1. The van der Waals surface area contributed by atoms with Gasteiger partial charge in [-0.3, -0.25) is 4.55 Å². The van der Waals surface area contributed by atoms with E-state index < -0.39 is 14.9 Å². The van der Waals surface area contributed by atoms with Crippen LogP contribution in [0.5, 0.6) is 0 Å². The van der Waals surface area contributed by atoms with Crippen molar-refractivity contribution >= 4 is 45.7 Å². The summed E-state index contributed by atoms with van der Waals surface area (Å²) in [4.78, 5) is 2.21. The highest BCUT2D eigenvalue weighted by atomic mass is 32.2. The molecule has 0 aliphatic heterocycles. The normalized spacial score (nSPS) is 13.2. The molecule has 0 radical (unpaired) electrons. The second-order valence-corrected chi connectivity index (χ2v) is 12.7. The van der Waals surface area contributed by atoms with Gasteiger partial charge in [0.2, 0.25) is 0 Å². The molecule has 0 amide bonds. The fourth-order valence-corrected chi connectivity index (χ4v) is 5.11. The molecular weight excluding hydrogens is 416 g/mol. The van der Waals surface area contributed by atoms with Gasteiger partial charge in [0.05, 0.1) is 4.75 Å². The van der Waals surface area contributed by atoms with E-state index in [4.69, 9.17) is 5.26 Å². The minimum Gasteiger partial charge on any atom is -0.285 e. The lowest BCUT2D eigenvalue weighted by molar-refractivity contribution is -0.432. The van der Waals surface area contributed by atoms with Crippen molar-refractivity contribution in [2.75, 3.05) is 11.5 Å². The van der Waals surface area contributed by atoms with Crippen LogP contribution < -0.4 is 0 Å². The molecule has 0 bridgehead atoms. The summed E-state index contributed by atoms with van der Waals surface area (Å²) in [5.74, 6) is 1.50. The van der Waals surface area contributed by atoms with Crippen LogP contribution in [0.25, 0.3) is 0 Å². The predicted molar refractivity (Wildman–Crippen MR) is 109 cm³/mol. The average Bonchev–Trinajstić information content (AvgIpc) is 2.53. The molecule has 0 fully saturated rings. The lowest BCUT2D eigenvalue weighted by Crippen LogP contribution is -2.31. The molecule has 0 saturated heterocycles. The van der Waals surface area contributed by atoms with E-state index in [-0.39, 0.29) is 4.75 Å². The third-order valence-electron chi connectivity index (χ3n) is 3.76. The lowest BCUT2D eigenvalue weighted by Gasteiger charge is -2.20. The molecule has 0 aliphatic rings. The van der Waals surface area contributed by atoms with E-state index >= 15 is 0 Å². The molecule has 2 N–H and O–H groups in total. The van der Waals surface area contributed by atoms with Crippen LogP contribution in [0.1, 0.15) is 40.5 Å². The molecule has 0 atom stereocenters. The van der Waals surface area contributed by atoms with Gasteiger partial charge in [0, 0.05) is 26.6 Å². The van der Waals surface area contributed by atoms with Crippen molar-refractivity contribution < 1.29 is 27.6 Å². The Morgan fingerprint density at radius 2 is 1.42 bits per heavy atom. The summed E-state index contributed by atoms with van der Waals surface area (Å²) in [6.07, 6.45) is 1.24. The first kappa shape index (κ1) is 24.1. The molecule has 10 heteroatoms. The minimum atomic E-state index is -4.04. The fraction of sp³-hybridized carbons (Fsp3) is 0.625. The maximum atomic E-state index is 11.3. The average molecular weight is 443 g/mol. The largest absolute Gasteiger partial charge is 0.285 e. The Bertz CT molecular complexity index is 643. The summed E-state index contributed by atoms with van der Waals surface area (Å²) in [6.45, 7) is 7.07. The molecule has 26 heavy (non-hydrogen) atoms. The Morgan fingerprint density at radius 3 is 1.85 bits per heavy atom. The molecule has 0 aliphatic carbocycles. The number of benzene rings is 1.